The zero-order valence-corrected chi connectivity index (χ0v) is 13.2. The van der Waals surface area contributed by atoms with Gasteiger partial charge in [0.25, 0.3) is 0 Å². The molecule has 23 heavy (non-hydrogen) atoms. The highest BCUT2D eigenvalue weighted by Crippen LogP contribution is 2.39. The van der Waals surface area contributed by atoms with Crippen LogP contribution in [0.3, 0.4) is 0 Å². The maximum atomic E-state index is 13.0. The van der Waals surface area contributed by atoms with Crippen molar-refractivity contribution in [2.75, 3.05) is 7.11 Å². The van der Waals surface area contributed by atoms with E-state index in [1.807, 2.05) is 0 Å². The molecule has 1 atom stereocenters. The molecule has 0 aliphatic rings. The first-order chi connectivity index (χ1) is 10.5. The van der Waals surface area contributed by atoms with Gasteiger partial charge in [-0.15, -0.1) is 0 Å². The molecule has 1 amide bonds. The standard InChI is InChI=1S/C15H18F3NO4/c1-14(2,3)23-13(21)19-11(8-20)9-6-5-7-10(12(9)22-4)15(16,17)18/h5-8,11H,1-4H3,(H,19,21). The fraction of sp³-hybridized carbons (Fsp3) is 0.467. The Morgan fingerprint density at radius 1 is 1.26 bits per heavy atom. The monoisotopic (exact) mass is 333 g/mol. The molecular formula is C15H18F3NO4. The molecule has 1 aromatic carbocycles. The highest BCUT2D eigenvalue weighted by molar-refractivity contribution is 5.75. The molecule has 0 fully saturated rings. The van der Waals surface area contributed by atoms with Crippen LogP contribution >= 0.6 is 0 Å². The minimum atomic E-state index is -4.65. The second-order valence-electron chi connectivity index (χ2n) is 5.69. The van der Waals surface area contributed by atoms with Gasteiger partial charge in [-0.05, 0) is 26.8 Å². The van der Waals surface area contributed by atoms with Crippen molar-refractivity contribution >= 4 is 12.4 Å². The molecule has 0 aliphatic carbocycles. The lowest BCUT2D eigenvalue weighted by atomic mass is 10.0. The van der Waals surface area contributed by atoms with Gasteiger partial charge >= 0.3 is 12.3 Å². The van der Waals surface area contributed by atoms with Crippen LogP contribution in [0.25, 0.3) is 0 Å². The van der Waals surface area contributed by atoms with Crippen LogP contribution in [0, 0.1) is 0 Å². The smallest absolute Gasteiger partial charge is 0.419 e. The van der Waals surface area contributed by atoms with Crippen LogP contribution in [-0.4, -0.2) is 25.1 Å². The molecule has 128 valence electrons. The van der Waals surface area contributed by atoms with Gasteiger partial charge < -0.3 is 19.6 Å². The summed E-state index contributed by atoms with van der Waals surface area (Å²) in [6, 6.07) is 1.90. The van der Waals surface area contributed by atoms with E-state index in [2.05, 4.69) is 5.32 Å². The number of methoxy groups -OCH3 is 1. The Bertz CT molecular complexity index is 579. The fourth-order valence-electron chi connectivity index (χ4n) is 1.87. The first kappa shape index (κ1) is 18.8. The minimum Gasteiger partial charge on any atom is -0.496 e. The molecule has 5 nitrogen and oxygen atoms in total. The largest absolute Gasteiger partial charge is 0.496 e. The van der Waals surface area contributed by atoms with Crippen molar-refractivity contribution in [3.63, 3.8) is 0 Å². The van der Waals surface area contributed by atoms with E-state index in [0.717, 1.165) is 19.2 Å². The summed E-state index contributed by atoms with van der Waals surface area (Å²) in [5, 5.41) is 2.22. The van der Waals surface area contributed by atoms with Gasteiger partial charge in [0.05, 0.1) is 12.7 Å². The number of benzene rings is 1. The Morgan fingerprint density at radius 3 is 2.30 bits per heavy atom. The van der Waals surface area contributed by atoms with E-state index in [1.54, 1.807) is 20.8 Å². The Labute approximate surface area is 131 Å². The number of ether oxygens (including phenoxy) is 2. The molecule has 0 aliphatic heterocycles. The maximum absolute atomic E-state index is 13.0. The van der Waals surface area contributed by atoms with E-state index in [9.17, 15) is 22.8 Å². The van der Waals surface area contributed by atoms with Gasteiger partial charge in [-0.3, -0.25) is 0 Å². The highest BCUT2D eigenvalue weighted by Gasteiger charge is 2.36. The number of hydrogen-bond acceptors (Lipinski definition) is 4. The topological polar surface area (TPSA) is 64.6 Å². The van der Waals surface area contributed by atoms with Crippen molar-refractivity contribution in [3.8, 4) is 5.75 Å². The molecule has 0 spiro atoms. The second kappa shape index (κ2) is 6.89. The van der Waals surface area contributed by atoms with E-state index in [4.69, 9.17) is 9.47 Å². The summed E-state index contributed by atoms with van der Waals surface area (Å²) in [6.45, 7) is 4.86. The third-order valence-electron chi connectivity index (χ3n) is 2.70. The van der Waals surface area contributed by atoms with Crippen LogP contribution in [0.1, 0.15) is 37.9 Å². The highest BCUT2D eigenvalue weighted by atomic mass is 19.4. The molecule has 0 saturated heterocycles. The number of amides is 1. The van der Waals surface area contributed by atoms with Crippen LogP contribution in [0.15, 0.2) is 18.2 Å². The van der Waals surface area contributed by atoms with Gasteiger partial charge in [0, 0.05) is 5.56 Å². The Morgan fingerprint density at radius 2 is 1.87 bits per heavy atom. The van der Waals surface area contributed by atoms with Gasteiger partial charge in [-0.25, -0.2) is 4.79 Å². The normalized spacial score (nSPS) is 13.2. The van der Waals surface area contributed by atoms with Crippen molar-refractivity contribution in [2.45, 2.75) is 38.6 Å². The van der Waals surface area contributed by atoms with Crippen molar-refractivity contribution in [1.29, 1.82) is 0 Å². The molecule has 1 aromatic rings. The quantitative estimate of drug-likeness (QED) is 0.857. The summed E-state index contributed by atoms with van der Waals surface area (Å²) < 4.78 is 48.7. The molecule has 1 rings (SSSR count). The zero-order chi connectivity index (χ0) is 17.8. The molecule has 8 heteroatoms. The Balaban J connectivity index is 3.16. The zero-order valence-electron chi connectivity index (χ0n) is 13.2. The second-order valence-corrected chi connectivity index (χ2v) is 5.69. The van der Waals surface area contributed by atoms with E-state index < -0.39 is 35.2 Å². The van der Waals surface area contributed by atoms with Crippen LogP contribution in [-0.2, 0) is 15.7 Å². The first-order valence-electron chi connectivity index (χ1n) is 6.68. The van der Waals surface area contributed by atoms with Gasteiger partial charge in [-0.2, -0.15) is 13.2 Å². The lowest BCUT2D eigenvalue weighted by molar-refractivity contribution is -0.138. The molecule has 1 unspecified atom stereocenters. The van der Waals surface area contributed by atoms with E-state index >= 15 is 0 Å². The van der Waals surface area contributed by atoms with Crippen LogP contribution in [0.4, 0.5) is 18.0 Å². The fourth-order valence-corrected chi connectivity index (χ4v) is 1.87. The summed E-state index contributed by atoms with van der Waals surface area (Å²) in [5.41, 5.74) is -1.95. The molecular weight excluding hydrogens is 315 g/mol. The van der Waals surface area contributed by atoms with E-state index in [1.165, 1.54) is 6.07 Å². The minimum absolute atomic E-state index is 0.108. The van der Waals surface area contributed by atoms with Crippen LogP contribution in [0.2, 0.25) is 0 Å². The molecule has 1 N–H and O–H groups in total. The third kappa shape index (κ3) is 5.15. The average Bonchev–Trinajstić information content (AvgIpc) is 2.41. The summed E-state index contributed by atoms with van der Waals surface area (Å²) in [7, 11) is 1.06. The number of carbonyl (C=O) groups is 2. The number of nitrogens with one attached hydrogen (secondary N) is 1. The van der Waals surface area contributed by atoms with E-state index in [-0.39, 0.29) is 5.56 Å². The number of halogens is 3. The van der Waals surface area contributed by atoms with Crippen molar-refractivity contribution < 1.29 is 32.2 Å². The number of alkyl halides is 3. The third-order valence-corrected chi connectivity index (χ3v) is 2.70. The molecule has 0 aromatic heterocycles. The Hall–Kier alpha value is -2.25. The number of aldehydes is 1. The van der Waals surface area contributed by atoms with Gasteiger partial charge in [0.1, 0.15) is 23.7 Å². The van der Waals surface area contributed by atoms with E-state index in [0.29, 0.717) is 6.29 Å². The summed E-state index contributed by atoms with van der Waals surface area (Å²) in [5.74, 6) is -0.520. The Kier molecular flexibility index (Phi) is 5.63. The van der Waals surface area contributed by atoms with Crippen molar-refractivity contribution in [2.24, 2.45) is 0 Å². The number of carbonyl (C=O) groups excluding carboxylic acids is 2. The number of alkyl carbamates (subject to hydrolysis) is 1. The van der Waals surface area contributed by atoms with Gasteiger partial charge in [-0.1, -0.05) is 12.1 Å². The predicted octanol–water partition coefficient (Wildman–Crippen LogP) is 3.48. The van der Waals surface area contributed by atoms with Crippen molar-refractivity contribution in [3.05, 3.63) is 29.3 Å². The lowest BCUT2D eigenvalue weighted by Crippen LogP contribution is -2.35. The SMILES string of the molecule is COc1c(C(C=O)NC(=O)OC(C)(C)C)cccc1C(F)(F)F. The lowest BCUT2D eigenvalue weighted by Gasteiger charge is -2.23. The molecule has 0 radical (unpaired) electrons. The van der Waals surface area contributed by atoms with Crippen LogP contribution in [0.5, 0.6) is 5.75 Å². The number of hydrogen-bond donors (Lipinski definition) is 1. The number of rotatable bonds is 4. The molecule has 0 heterocycles. The summed E-state index contributed by atoms with van der Waals surface area (Å²) >= 11 is 0. The first-order valence-corrected chi connectivity index (χ1v) is 6.68. The predicted molar refractivity (Wildman–Crippen MR) is 76.2 cm³/mol. The molecule has 0 bridgehead atoms. The van der Waals surface area contributed by atoms with Gasteiger partial charge in [0.15, 0.2) is 0 Å². The van der Waals surface area contributed by atoms with Crippen LogP contribution < -0.4 is 10.1 Å². The van der Waals surface area contributed by atoms with Crippen molar-refractivity contribution in [1.82, 2.24) is 5.32 Å². The van der Waals surface area contributed by atoms with Gasteiger partial charge in [0.2, 0.25) is 0 Å². The maximum Gasteiger partial charge on any atom is 0.419 e. The molecule has 0 saturated carbocycles. The number of para-hydroxylation sites is 1. The average molecular weight is 333 g/mol. The summed E-state index contributed by atoms with van der Waals surface area (Å²) in [4.78, 5) is 23.0. The summed E-state index contributed by atoms with van der Waals surface area (Å²) in [6.07, 6.45) is -5.27.